The van der Waals surface area contributed by atoms with Crippen molar-refractivity contribution in [1.82, 2.24) is 49.0 Å². The third-order valence-electron chi connectivity index (χ3n) is 18.2. The summed E-state index contributed by atoms with van der Waals surface area (Å²) in [4.78, 5) is 52.6. The zero-order valence-electron chi connectivity index (χ0n) is 58.8. The molecule has 0 aliphatic heterocycles. The highest BCUT2D eigenvalue weighted by atomic mass is 35.5. The Morgan fingerprint density at radius 2 is 0.867 bits per heavy atom. The highest BCUT2D eigenvalue weighted by Gasteiger charge is 2.39. The van der Waals surface area contributed by atoms with Crippen molar-refractivity contribution in [3.63, 3.8) is 0 Å². The summed E-state index contributed by atoms with van der Waals surface area (Å²) in [6.07, 6.45) is -2.63. The second kappa shape index (κ2) is 33.7. The van der Waals surface area contributed by atoms with Crippen LogP contribution in [-0.4, -0.2) is 78.3 Å². The van der Waals surface area contributed by atoms with Crippen LogP contribution in [0.2, 0.25) is 15.1 Å². The number of aryl methyl sites for hydroxylation is 1. The molecule has 10 aromatic heterocycles. The van der Waals surface area contributed by atoms with E-state index in [1.54, 1.807) is 144 Å². The number of ether oxygens (including phenoxy) is 1. The number of aromatic carboxylic acids is 1. The van der Waals surface area contributed by atoms with Crippen molar-refractivity contribution in [2.24, 2.45) is 0 Å². The molecule has 1 atom stereocenters. The molecule has 10 heterocycles. The van der Waals surface area contributed by atoms with Gasteiger partial charge in [-0.05, 0) is 204 Å². The summed E-state index contributed by atoms with van der Waals surface area (Å²) >= 11 is 18.0. The minimum absolute atomic E-state index is 0. The van der Waals surface area contributed by atoms with E-state index in [1.165, 1.54) is 67.9 Å². The van der Waals surface area contributed by atoms with E-state index in [9.17, 15) is 67.4 Å². The predicted octanol–water partition coefficient (Wildman–Crippen LogP) is 23.2. The fraction of sp³-hybridized carbons (Fsp3) is 0.120. The fourth-order valence-electron chi connectivity index (χ4n) is 12.8. The van der Waals surface area contributed by atoms with Gasteiger partial charge in [0, 0.05) is 150 Å². The standard InChI is InChI=1S/C23H16ClF3N2O2.C23H17F3N2O2.C15H10ClF3N2O.C15H10ClF3N2.C7H6N2.3H2/c1-31-22(30)14-7-9-16(10-8-14)29-13-15(17-4-3-11-28-21(17)29)12-18-19(23(25,26)27)5-2-6-20(18)24;1-14-4-2-6-20(23(24,25)26)19(14)12-16-13-28(21-18(16)5-3-11-27-21)17-9-7-15(8-10-17)22(29)30;16-11-5-1-4-10(15(17,18)19)12(11)13(22)9-7-21-14-8(9)3-2-6-20-14;16-13-5-1-4-12(15(17,18)19)11(13)7-9-8-21-14-10(9)3-2-6-20-14;1-2-6-3-5-9-7(6)8-4-1;;;/h2-11,13H,12H2,1H3;2-11,13H,12H2,1H3,(H,29,30);1-7,13,22H,(H,20,21);1-6,8H,7H2,(H,20,21);1-5H,(H,8,9);3*1H. The molecule has 16 aromatic rings. The van der Waals surface area contributed by atoms with E-state index >= 15 is 0 Å². The van der Waals surface area contributed by atoms with Crippen molar-refractivity contribution in [1.29, 1.82) is 0 Å². The van der Waals surface area contributed by atoms with E-state index in [0.29, 0.717) is 72.6 Å². The Balaban J connectivity index is 0.000000170. The van der Waals surface area contributed by atoms with Gasteiger partial charge in [0.25, 0.3) is 0 Å². The molecule has 0 fully saturated rings. The number of alkyl halides is 12. The number of carbonyl (C=O) groups is 2. The van der Waals surface area contributed by atoms with Crippen LogP contribution < -0.4 is 0 Å². The molecule has 0 amide bonds. The number of aliphatic hydroxyl groups is 1. The first-order valence-corrected chi connectivity index (χ1v) is 35.0. The number of rotatable bonds is 12. The van der Waals surface area contributed by atoms with Crippen LogP contribution in [0.3, 0.4) is 0 Å². The first kappa shape index (κ1) is 80.2. The van der Waals surface area contributed by atoms with Gasteiger partial charge < -0.3 is 39.0 Å². The number of nitrogens with zero attached hydrogens (tertiary/aromatic N) is 7. The number of nitrogens with one attached hydrogen (secondary N) is 3. The minimum atomic E-state index is -4.61. The third-order valence-corrected chi connectivity index (χ3v) is 19.2. The van der Waals surface area contributed by atoms with Gasteiger partial charge in [0.2, 0.25) is 0 Å². The van der Waals surface area contributed by atoms with Crippen molar-refractivity contribution in [3.8, 4) is 11.4 Å². The number of hydrogen-bond acceptors (Lipinski definition) is 9. The van der Waals surface area contributed by atoms with E-state index in [0.717, 1.165) is 51.6 Å². The molecule has 0 radical (unpaired) electrons. The smallest absolute Gasteiger partial charge is 0.416 e. The fourth-order valence-corrected chi connectivity index (χ4v) is 13.6. The maximum absolute atomic E-state index is 13.6. The Kier molecular flexibility index (Phi) is 23.9. The number of hydrogen-bond donors (Lipinski definition) is 5. The second-order valence-corrected chi connectivity index (χ2v) is 26.4. The van der Waals surface area contributed by atoms with Crippen molar-refractivity contribution in [3.05, 3.63) is 349 Å². The summed E-state index contributed by atoms with van der Waals surface area (Å²) in [6.45, 7) is 1.67. The lowest BCUT2D eigenvalue weighted by molar-refractivity contribution is -0.139. The SMILES string of the molecule is COC(=O)c1ccc(-n2cc(Cc3c(Cl)cccc3C(F)(F)F)c3cccnc32)cc1.Cc1cccc(C(F)(F)F)c1Cc1cn(-c2ccc(C(=O)O)cc2)c2ncccc12.FC(F)(F)c1cccc(Cl)c1Cc1c[nH]c2ncccc12.OC(c1c(Cl)cccc1C(F)(F)F)c1c[nH]c2ncccc12.[HH].[HH].[HH].c1cnc2[nH]ccc2c1. The molecule has 582 valence electrons. The molecule has 5 N–H and O–H groups in total. The quantitative estimate of drug-likeness (QED) is 0.0578. The molecule has 15 nitrogen and oxygen atoms in total. The number of carboxylic acid groups (broad SMARTS) is 1. The van der Waals surface area contributed by atoms with Gasteiger partial charge in [-0.2, -0.15) is 52.7 Å². The van der Waals surface area contributed by atoms with Gasteiger partial charge in [-0.15, -0.1) is 0 Å². The number of pyridine rings is 5. The summed E-state index contributed by atoms with van der Waals surface area (Å²) in [5, 5.41) is 23.6. The molecule has 0 aliphatic rings. The van der Waals surface area contributed by atoms with Crippen LogP contribution in [0, 0.1) is 6.92 Å². The van der Waals surface area contributed by atoms with Crippen molar-refractivity contribution in [2.75, 3.05) is 7.11 Å². The number of esters is 1. The molecule has 1 unspecified atom stereocenters. The highest BCUT2D eigenvalue weighted by Crippen LogP contribution is 2.44. The lowest BCUT2D eigenvalue weighted by Crippen LogP contribution is -2.13. The number of halogens is 15. The van der Waals surface area contributed by atoms with Crippen LogP contribution in [0.1, 0.15) is 103 Å². The molecule has 0 saturated heterocycles. The van der Waals surface area contributed by atoms with Crippen LogP contribution in [0.4, 0.5) is 52.7 Å². The summed E-state index contributed by atoms with van der Waals surface area (Å²) < 4.78 is 168. The van der Waals surface area contributed by atoms with Gasteiger partial charge in [-0.1, -0.05) is 65.1 Å². The number of aliphatic hydroxyl groups excluding tert-OH is 1. The zero-order valence-corrected chi connectivity index (χ0v) is 61.1. The monoisotopic (exact) mass is 1610 g/mol. The average Bonchev–Trinajstić information content (AvgIpc) is 1.58. The van der Waals surface area contributed by atoms with Gasteiger partial charge in [-0.3, -0.25) is 0 Å². The van der Waals surface area contributed by atoms with Gasteiger partial charge in [0.05, 0.1) is 40.5 Å². The number of carbonyl (C=O) groups excluding carboxylic acids is 1. The summed E-state index contributed by atoms with van der Waals surface area (Å²) in [5.41, 5.74) is 5.06. The highest BCUT2D eigenvalue weighted by molar-refractivity contribution is 6.32. The number of H-pyrrole nitrogens is 3. The molecule has 0 bridgehead atoms. The Labute approximate surface area is 653 Å². The van der Waals surface area contributed by atoms with E-state index in [-0.39, 0.29) is 66.4 Å². The third kappa shape index (κ3) is 18.2. The predicted molar refractivity (Wildman–Crippen MR) is 413 cm³/mol. The van der Waals surface area contributed by atoms with E-state index in [2.05, 4.69) is 39.9 Å². The zero-order chi connectivity index (χ0) is 80.7. The molecule has 0 saturated carbocycles. The van der Waals surface area contributed by atoms with Crippen molar-refractivity contribution >= 4 is 102 Å². The maximum atomic E-state index is 13.6. The molecule has 6 aromatic carbocycles. The maximum Gasteiger partial charge on any atom is 0.416 e. The molecule has 0 aliphatic carbocycles. The van der Waals surface area contributed by atoms with Gasteiger partial charge in [-0.25, -0.2) is 34.5 Å². The van der Waals surface area contributed by atoms with Gasteiger partial charge in [0.1, 0.15) is 34.3 Å². The van der Waals surface area contributed by atoms with E-state index in [4.69, 9.17) is 44.6 Å². The second-order valence-electron chi connectivity index (χ2n) is 25.2. The first-order valence-electron chi connectivity index (χ1n) is 33.9. The minimum Gasteiger partial charge on any atom is -0.478 e. The molecule has 113 heavy (non-hydrogen) atoms. The molecule has 16 rings (SSSR count). The number of benzene rings is 6. The van der Waals surface area contributed by atoms with Crippen LogP contribution in [0.15, 0.2) is 250 Å². The van der Waals surface area contributed by atoms with Crippen LogP contribution in [0.5, 0.6) is 0 Å². The molecule has 0 spiro atoms. The van der Waals surface area contributed by atoms with Crippen LogP contribution in [0.25, 0.3) is 66.5 Å². The molecular formula is C83H65Cl3F12N10O5. The van der Waals surface area contributed by atoms with Crippen molar-refractivity contribution < 1.29 is 81.5 Å². The topological polar surface area (TPSA) is 206 Å². The van der Waals surface area contributed by atoms with Crippen LogP contribution in [-0.2, 0) is 48.7 Å². The largest absolute Gasteiger partial charge is 0.478 e. The number of aromatic amines is 3. The van der Waals surface area contributed by atoms with E-state index < -0.39 is 65.0 Å². The lowest BCUT2D eigenvalue weighted by atomic mass is 9.95. The summed E-state index contributed by atoms with van der Waals surface area (Å²) in [5.74, 6) is -1.49. The lowest BCUT2D eigenvalue weighted by Gasteiger charge is -2.18. The molecule has 30 heteroatoms. The van der Waals surface area contributed by atoms with Gasteiger partial charge in [0.15, 0.2) is 0 Å². The Hall–Kier alpha value is -12.3. The normalized spacial score (nSPS) is 12.0. The Morgan fingerprint density at radius 3 is 1.37 bits per heavy atom. The number of aromatic nitrogens is 10. The van der Waals surface area contributed by atoms with Crippen LogP contribution >= 0.6 is 34.8 Å². The summed E-state index contributed by atoms with van der Waals surface area (Å²) in [7, 11) is 1.30. The number of fused-ring (bicyclic) bond motifs is 5. The first-order chi connectivity index (χ1) is 53.9. The Bertz CT molecular complexity index is 6080. The number of carboxylic acids is 1. The Morgan fingerprint density at radius 1 is 0.451 bits per heavy atom. The van der Waals surface area contributed by atoms with Gasteiger partial charge >= 0.3 is 36.6 Å². The number of methoxy groups -OCH3 is 1. The average molecular weight is 1620 g/mol. The summed E-state index contributed by atoms with van der Waals surface area (Å²) in [6, 6.07) is 48.1. The van der Waals surface area contributed by atoms with E-state index in [1.807, 2.05) is 36.5 Å². The molecular weight excluding hydrogens is 1550 g/mol. The van der Waals surface area contributed by atoms with Crippen molar-refractivity contribution in [2.45, 2.75) is 57.0 Å².